The van der Waals surface area contributed by atoms with Crippen molar-refractivity contribution in [2.24, 2.45) is 0 Å². The summed E-state index contributed by atoms with van der Waals surface area (Å²) in [6.07, 6.45) is 2.04. The Morgan fingerprint density at radius 1 is 1.04 bits per heavy atom. The van der Waals surface area contributed by atoms with Gasteiger partial charge in [0.05, 0.1) is 27.9 Å². The van der Waals surface area contributed by atoms with Gasteiger partial charge in [0.25, 0.3) is 5.91 Å². The van der Waals surface area contributed by atoms with Crippen LogP contribution in [0.1, 0.15) is 16.1 Å². The van der Waals surface area contributed by atoms with Gasteiger partial charge in [-0.1, -0.05) is 0 Å². The highest BCUT2D eigenvalue weighted by atomic mass is 16.5. The molecule has 1 aromatic heterocycles. The molecule has 2 aromatic rings. The summed E-state index contributed by atoms with van der Waals surface area (Å²) in [5.41, 5.74) is 1.66. The lowest BCUT2D eigenvalue weighted by molar-refractivity contribution is 0.0710. The first-order valence-corrected chi connectivity index (χ1v) is 7.41. The van der Waals surface area contributed by atoms with Crippen LogP contribution in [0.4, 0.5) is 0 Å². The van der Waals surface area contributed by atoms with Gasteiger partial charge in [0, 0.05) is 30.5 Å². The summed E-state index contributed by atoms with van der Waals surface area (Å²) in [6, 6.07) is 7.42. The van der Waals surface area contributed by atoms with Crippen LogP contribution in [-0.4, -0.2) is 43.2 Å². The Kier molecular flexibility index (Phi) is 4.14. The number of aromatic nitrogens is 1. The monoisotopic (exact) mass is 316 g/mol. The van der Waals surface area contributed by atoms with Gasteiger partial charge < -0.3 is 23.7 Å². The summed E-state index contributed by atoms with van der Waals surface area (Å²) >= 11 is 0. The molecule has 0 spiro atoms. The van der Waals surface area contributed by atoms with E-state index in [0.29, 0.717) is 35.9 Å². The van der Waals surface area contributed by atoms with Crippen molar-refractivity contribution in [2.45, 2.75) is 13.1 Å². The molecule has 0 radical (unpaired) electrons. The summed E-state index contributed by atoms with van der Waals surface area (Å²) in [7, 11) is 4.62. The molecule has 23 heavy (non-hydrogen) atoms. The van der Waals surface area contributed by atoms with E-state index in [1.54, 1.807) is 33.5 Å². The molecule has 1 amide bonds. The normalized spacial score (nSPS) is 13.4. The van der Waals surface area contributed by atoms with Crippen molar-refractivity contribution in [2.75, 3.05) is 27.9 Å². The van der Waals surface area contributed by atoms with E-state index in [1.807, 2.05) is 23.2 Å². The van der Waals surface area contributed by atoms with Gasteiger partial charge in [0.1, 0.15) is 0 Å². The first-order chi connectivity index (χ1) is 11.2. The Balaban J connectivity index is 1.91. The molecule has 6 heteroatoms. The topological polar surface area (TPSA) is 52.9 Å². The fourth-order valence-electron chi connectivity index (χ4n) is 2.87. The summed E-state index contributed by atoms with van der Waals surface area (Å²) in [5.74, 6) is 1.40. The third-order valence-electron chi connectivity index (χ3n) is 4.09. The average Bonchev–Trinajstić information content (AvgIpc) is 3.07. The molecule has 3 rings (SSSR count). The number of methoxy groups -OCH3 is 3. The van der Waals surface area contributed by atoms with Crippen LogP contribution in [0.25, 0.3) is 0 Å². The summed E-state index contributed by atoms with van der Waals surface area (Å²) in [4.78, 5) is 14.7. The zero-order valence-electron chi connectivity index (χ0n) is 13.5. The first-order valence-electron chi connectivity index (χ1n) is 7.41. The molecule has 0 fully saturated rings. The molecule has 0 aliphatic carbocycles. The van der Waals surface area contributed by atoms with E-state index >= 15 is 0 Å². The smallest absolute Gasteiger partial charge is 0.254 e. The molecular weight excluding hydrogens is 296 g/mol. The Hall–Kier alpha value is -2.63. The first kappa shape index (κ1) is 15.3. The molecule has 0 N–H and O–H groups in total. The van der Waals surface area contributed by atoms with E-state index in [4.69, 9.17) is 14.2 Å². The number of amides is 1. The van der Waals surface area contributed by atoms with Crippen LogP contribution in [-0.2, 0) is 13.1 Å². The number of fused-ring (bicyclic) bond motifs is 1. The quantitative estimate of drug-likeness (QED) is 0.867. The van der Waals surface area contributed by atoms with Gasteiger partial charge in [-0.2, -0.15) is 0 Å². The summed E-state index contributed by atoms with van der Waals surface area (Å²) in [6.45, 7) is 2.08. The van der Waals surface area contributed by atoms with Gasteiger partial charge >= 0.3 is 0 Å². The molecule has 1 aliphatic heterocycles. The van der Waals surface area contributed by atoms with Crippen LogP contribution >= 0.6 is 0 Å². The molecular formula is C17H20N2O4. The molecule has 0 bridgehead atoms. The highest BCUT2D eigenvalue weighted by Gasteiger charge is 2.24. The lowest BCUT2D eigenvalue weighted by atomic mass is 10.1. The van der Waals surface area contributed by atoms with E-state index in [9.17, 15) is 4.79 Å². The number of nitrogens with zero attached hydrogens (tertiary/aromatic N) is 2. The minimum atomic E-state index is -0.0447. The molecule has 1 aliphatic rings. The van der Waals surface area contributed by atoms with E-state index in [0.717, 1.165) is 12.2 Å². The number of carbonyl (C=O) groups excluding carboxylic acids is 1. The zero-order valence-corrected chi connectivity index (χ0v) is 13.5. The van der Waals surface area contributed by atoms with Crippen LogP contribution in [0.5, 0.6) is 17.2 Å². The van der Waals surface area contributed by atoms with Crippen LogP contribution in [0.15, 0.2) is 30.5 Å². The molecule has 0 unspecified atom stereocenters. The summed E-state index contributed by atoms with van der Waals surface area (Å²) in [5, 5.41) is 0. The Labute approximate surface area is 135 Å². The highest BCUT2D eigenvalue weighted by Crippen LogP contribution is 2.38. The van der Waals surface area contributed by atoms with Crippen molar-refractivity contribution >= 4 is 5.91 Å². The van der Waals surface area contributed by atoms with Crippen LogP contribution < -0.4 is 14.2 Å². The number of ether oxygens (including phenoxy) is 3. The van der Waals surface area contributed by atoms with Gasteiger partial charge in [-0.15, -0.1) is 0 Å². The van der Waals surface area contributed by atoms with E-state index in [1.165, 1.54) is 0 Å². The number of hydrogen-bond donors (Lipinski definition) is 0. The van der Waals surface area contributed by atoms with Gasteiger partial charge in [0.15, 0.2) is 11.5 Å². The van der Waals surface area contributed by atoms with Gasteiger partial charge in [-0.25, -0.2) is 0 Å². The second-order valence-corrected chi connectivity index (χ2v) is 5.33. The van der Waals surface area contributed by atoms with Crippen LogP contribution in [0, 0.1) is 0 Å². The van der Waals surface area contributed by atoms with Crippen molar-refractivity contribution in [3.63, 3.8) is 0 Å². The molecule has 0 saturated heterocycles. The molecule has 2 heterocycles. The largest absolute Gasteiger partial charge is 0.493 e. The van der Waals surface area contributed by atoms with Gasteiger partial charge in [-0.05, 0) is 24.3 Å². The van der Waals surface area contributed by atoms with Crippen molar-refractivity contribution in [3.8, 4) is 17.2 Å². The maximum atomic E-state index is 12.8. The molecule has 0 atom stereocenters. The predicted octanol–water partition coefficient (Wildman–Crippen LogP) is 2.17. The zero-order chi connectivity index (χ0) is 16.4. The van der Waals surface area contributed by atoms with Crippen molar-refractivity contribution in [1.82, 2.24) is 9.47 Å². The van der Waals surface area contributed by atoms with Crippen LogP contribution in [0.3, 0.4) is 0 Å². The third kappa shape index (κ3) is 2.72. The molecule has 0 saturated carbocycles. The fourth-order valence-corrected chi connectivity index (χ4v) is 2.87. The molecule has 1 aromatic carbocycles. The Bertz CT molecular complexity index is 698. The standard InChI is InChI=1S/C17H20N2O4/c1-21-14-9-12(10-15(22-2)16(14)23-3)17(20)19-8-7-18-6-4-5-13(18)11-19/h4-6,9-10H,7-8,11H2,1-3H3. The van der Waals surface area contributed by atoms with Crippen LogP contribution in [0.2, 0.25) is 0 Å². The van der Waals surface area contributed by atoms with Crippen molar-refractivity contribution in [3.05, 3.63) is 41.7 Å². The number of rotatable bonds is 4. The average molecular weight is 316 g/mol. The Morgan fingerprint density at radius 3 is 2.35 bits per heavy atom. The minimum absolute atomic E-state index is 0.0447. The van der Waals surface area contributed by atoms with E-state index in [-0.39, 0.29) is 5.91 Å². The van der Waals surface area contributed by atoms with Gasteiger partial charge in [-0.3, -0.25) is 4.79 Å². The third-order valence-corrected chi connectivity index (χ3v) is 4.09. The second kappa shape index (κ2) is 6.24. The van der Waals surface area contributed by atoms with Gasteiger partial charge in [0.2, 0.25) is 5.75 Å². The number of carbonyl (C=O) groups is 1. The Morgan fingerprint density at radius 2 is 1.74 bits per heavy atom. The number of hydrogen-bond acceptors (Lipinski definition) is 4. The van der Waals surface area contributed by atoms with Crippen molar-refractivity contribution < 1.29 is 19.0 Å². The SMILES string of the molecule is COc1cc(C(=O)N2CCn3cccc3C2)cc(OC)c1OC. The van der Waals surface area contributed by atoms with E-state index < -0.39 is 0 Å². The maximum Gasteiger partial charge on any atom is 0.254 e. The maximum absolute atomic E-state index is 12.8. The summed E-state index contributed by atoms with van der Waals surface area (Å²) < 4.78 is 18.1. The predicted molar refractivity (Wildman–Crippen MR) is 85.3 cm³/mol. The fraction of sp³-hybridized carbons (Fsp3) is 0.353. The number of benzene rings is 1. The minimum Gasteiger partial charge on any atom is -0.493 e. The second-order valence-electron chi connectivity index (χ2n) is 5.33. The highest BCUT2D eigenvalue weighted by molar-refractivity contribution is 5.95. The molecule has 6 nitrogen and oxygen atoms in total. The molecule has 122 valence electrons. The lowest BCUT2D eigenvalue weighted by Crippen LogP contribution is -2.37. The lowest BCUT2D eigenvalue weighted by Gasteiger charge is -2.29. The van der Waals surface area contributed by atoms with Crippen molar-refractivity contribution in [1.29, 1.82) is 0 Å². The van der Waals surface area contributed by atoms with E-state index in [2.05, 4.69) is 4.57 Å².